The van der Waals surface area contributed by atoms with Gasteiger partial charge < -0.3 is 20.1 Å². The number of aliphatic hydroxyl groups is 1. The van der Waals surface area contributed by atoms with Crippen molar-refractivity contribution in [3.8, 4) is 0 Å². The van der Waals surface area contributed by atoms with Gasteiger partial charge in [0.25, 0.3) is 5.60 Å². The van der Waals surface area contributed by atoms with Crippen LogP contribution in [0.4, 0.5) is 0 Å². The number of hydrogen-bond acceptors (Lipinski definition) is 5. The fraction of sp³-hybridized carbons (Fsp3) is 0.308. The molecular formula is C13H13ClN2O5. The number of carbonyl (C=O) groups is 2. The summed E-state index contributed by atoms with van der Waals surface area (Å²) in [6.45, 7) is 1.49. The van der Waals surface area contributed by atoms with Gasteiger partial charge >= 0.3 is 17.7 Å². The quantitative estimate of drug-likeness (QED) is 0.376. The minimum atomic E-state index is -2.61. The van der Waals surface area contributed by atoms with Crippen molar-refractivity contribution in [2.45, 2.75) is 12.5 Å². The van der Waals surface area contributed by atoms with Gasteiger partial charge in [0.05, 0.1) is 13.7 Å². The molecule has 0 aliphatic carbocycles. The first kappa shape index (κ1) is 16.8. The topological polar surface area (TPSA) is 109 Å². The van der Waals surface area contributed by atoms with E-state index >= 15 is 0 Å². The van der Waals surface area contributed by atoms with Crippen LogP contribution in [0.15, 0.2) is 24.3 Å². The van der Waals surface area contributed by atoms with Crippen LogP contribution in [0.1, 0.15) is 12.5 Å². The number of carbonyl (C=O) groups excluding carboxylic acids is 2. The van der Waals surface area contributed by atoms with Gasteiger partial charge in [-0.3, -0.25) is 0 Å². The Hall–Kier alpha value is -2.21. The first-order valence-corrected chi connectivity index (χ1v) is 6.26. The number of nitrogens with zero attached hydrogens (tertiary/aromatic N) is 2. The Labute approximate surface area is 125 Å². The van der Waals surface area contributed by atoms with Crippen LogP contribution < -0.4 is 0 Å². The summed E-state index contributed by atoms with van der Waals surface area (Å²) in [4.78, 5) is 26.4. The Kier molecular flexibility index (Phi) is 5.60. The van der Waals surface area contributed by atoms with E-state index in [4.69, 9.17) is 17.1 Å². The largest absolute Gasteiger partial charge is 0.466 e. The average molecular weight is 313 g/mol. The first-order valence-electron chi connectivity index (χ1n) is 5.88. The van der Waals surface area contributed by atoms with Gasteiger partial charge in [0.15, 0.2) is 0 Å². The summed E-state index contributed by atoms with van der Waals surface area (Å²) in [5.74, 6) is -2.35. The maximum absolute atomic E-state index is 11.9. The normalized spacial score (nSPS) is 12.8. The molecule has 0 saturated heterocycles. The molecule has 0 aliphatic rings. The van der Waals surface area contributed by atoms with Crippen molar-refractivity contribution in [1.29, 1.82) is 0 Å². The van der Waals surface area contributed by atoms with Gasteiger partial charge in [0, 0.05) is 10.6 Å². The molecule has 0 bridgehead atoms. The monoisotopic (exact) mass is 312 g/mol. The predicted molar refractivity (Wildman–Crippen MR) is 72.6 cm³/mol. The summed E-state index contributed by atoms with van der Waals surface area (Å²) in [5, 5.41) is 10.9. The van der Waals surface area contributed by atoms with Gasteiger partial charge in [0.2, 0.25) is 0 Å². The van der Waals surface area contributed by atoms with Crippen molar-refractivity contribution < 1.29 is 29.0 Å². The van der Waals surface area contributed by atoms with Gasteiger partial charge in [0.1, 0.15) is 0 Å². The first-order chi connectivity index (χ1) is 9.91. The number of methoxy groups -OCH3 is 1. The van der Waals surface area contributed by atoms with E-state index in [1.165, 1.54) is 31.2 Å². The van der Waals surface area contributed by atoms with Crippen molar-refractivity contribution in [1.82, 2.24) is 0 Å². The highest BCUT2D eigenvalue weighted by Gasteiger charge is 2.55. The molecular weight excluding hydrogens is 300 g/mol. The van der Waals surface area contributed by atoms with E-state index in [0.29, 0.717) is 5.02 Å². The fourth-order valence-corrected chi connectivity index (χ4v) is 1.78. The van der Waals surface area contributed by atoms with Crippen LogP contribution in [0.25, 0.3) is 5.53 Å². The summed E-state index contributed by atoms with van der Waals surface area (Å²) in [6.07, 6.45) is 0. The maximum atomic E-state index is 11.9. The van der Waals surface area contributed by atoms with Crippen molar-refractivity contribution in [2.75, 3.05) is 13.7 Å². The molecule has 0 aromatic heterocycles. The van der Waals surface area contributed by atoms with E-state index in [-0.39, 0.29) is 12.2 Å². The van der Waals surface area contributed by atoms with Gasteiger partial charge in [-0.25, -0.2) is 9.59 Å². The lowest BCUT2D eigenvalue weighted by atomic mass is 9.88. The molecule has 1 rings (SSSR count). The van der Waals surface area contributed by atoms with Crippen LogP contribution in [0.3, 0.4) is 0 Å². The third kappa shape index (κ3) is 3.28. The molecule has 0 radical (unpaired) electrons. The number of rotatable bonds is 5. The molecule has 112 valence electrons. The zero-order chi connectivity index (χ0) is 16.0. The molecule has 1 N–H and O–H groups in total. The minimum Gasteiger partial charge on any atom is -0.466 e. The molecule has 0 saturated carbocycles. The lowest BCUT2D eigenvalue weighted by molar-refractivity contribution is -0.164. The van der Waals surface area contributed by atoms with E-state index in [2.05, 4.69) is 14.3 Å². The molecule has 1 unspecified atom stereocenters. The second kappa shape index (κ2) is 6.99. The van der Waals surface area contributed by atoms with Gasteiger partial charge in [-0.05, 0) is 19.1 Å². The van der Waals surface area contributed by atoms with Gasteiger partial charge in [-0.2, -0.15) is 4.79 Å². The van der Waals surface area contributed by atoms with Gasteiger partial charge in [-0.1, -0.05) is 23.7 Å². The SMILES string of the molecule is CCOC(=O)C(=[N+]=[N-])C(O)(C(=O)OC)c1ccc(Cl)cc1. The molecule has 0 spiro atoms. The minimum absolute atomic E-state index is 0.0320. The number of ether oxygens (including phenoxy) is 2. The van der Waals surface area contributed by atoms with Crippen LogP contribution in [0, 0.1) is 0 Å². The van der Waals surface area contributed by atoms with Crippen molar-refractivity contribution in [3.05, 3.63) is 40.4 Å². The van der Waals surface area contributed by atoms with E-state index in [9.17, 15) is 14.7 Å². The summed E-state index contributed by atoms with van der Waals surface area (Å²) >= 11 is 5.73. The Morgan fingerprint density at radius 1 is 1.38 bits per heavy atom. The third-order valence-corrected chi connectivity index (χ3v) is 2.91. The molecule has 1 atom stereocenters. The number of esters is 2. The highest BCUT2D eigenvalue weighted by Crippen LogP contribution is 2.26. The maximum Gasteiger partial charge on any atom is 0.423 e. The highest BCUT2D eigenvalue weighted by molar-refractivity contribution is 6.41. The number of benzene rings is 1. The van der Waals surface area contributed by atoms with Crippen molar-refractivity contribution in [2.24, 2.45) is 0 Å². The predicted octanol–water partition coefficient (Wildman–Crippen LogP) is 0.934. The van der Waals surface area contributed by atoms with E-state index in [0.717, 1.165) is 7.11 Å². The summed E-state index contributed by atoms with van der Waals surface area (Å²) in [7, 11) is 1.02. The summed E-state index contributed by atoms with van der Waals surface area (Å²) in [5.41, 5.74) is 5.44. The Morgan fingerprint density at radius 2 is 1.95 bits per heavy atom. The molecule has 8 heteroatoms. The van der Waals surface area contributed by atoms with E-state index in [1.54, 1.807) is 0 Å². The lowest BCUT2D eigenvalue weighted by Gasteiger charge is -2.20. The van der Waals surface area contributed by atoms with Crippen LogP contribution in [-0.4, -0.2) is 41.3 Å². The van der Waals surface area contributed by atoms with Crippen molar-refractivity contribution >= 4 is 29.3 Å². The standard InChI is InChI=1S/C13H13ClN2O5/c1-3-21-11(17)10(16-15)13(19,12(18)20-2)8-4-6-9(14)7-5-8/h4-7,19H,3H2,1-2H3. The molecule has 21 heavy (non-hydrogen) atoms. The smallest absolute Gasteiger partial charge is 0.423 e. The zero-order valence-electron chi connectivity index (χ0n) is 11.4. The fourth-order valence-electron chi connectivity index (χ4n) is 1.65. The molecule has 1 aromatic rings. The Morgan fingerprint density at radius 3 is 2.38 bits per heavy atom. The molecule has 0 amide bonds. The van der Waals surface area contributed by atoms with Crippen LogP contribution in [-0.2, 0) is 24.7 Å². The average Bonchev–Trinajstić information content (AvgIpc) is 2.47. The lowest BCUT2D eigenvalue weighted by Crippen LogP contribution is -2.49. The van der Waals surface area contributed by atoms with E-state index in [1.807, 2.05) is 0 Å². The molecule has 1 aromatic carbocycles. The summed E-state index contributed by atoms with van der Waals surface area (Å²) < 4.78 is 9.15. The van der Waals surface area contributed by atoms with Crippen molar-refractivity contribution in [3.63, 3.8) is 0 Å². The van der Waals surface area contributed by atoms with Crippen LogP contribution in [0.2, 0.25) is 5.02 Å². The third-order valence-electron chi connectivity index (χ3n) is 2.65. The second-order valence-electron chi connectivity index (χ2n) is 3.88. The van der Waals surface area contributed by atoms with Crippen LogP contribution in [0.5, 0.6) is 0 Å². The molecule has 0 heterocycles. The molecule has 0 aliphatic heterocycles. The highest BCUT2D eigenvalue weighted by atomic mass is 35.5. The summed E-state index contributed by atoms with van der Waals surface area (Å²) in [6, 6.07) is 5.38. The number of hydrogen-bond donors (Lipinski definition) is 1. The molecule has 7 nitrogen and oxygen atoms in total. The zero-order valence-corrected chi connectivity index (χ0v) is 12.1. The van der Waals surface area contributed by atoms with E-state index < -0.39 is 23.3 Å². The van der Waals surface area contributed by atoms with Gasteiger partial charge in [-0.15, -0.1) is 0 Å². The Balaban J connectivity index is 3.46. The Bertz CT molecular complexity index is 595. The molecule has 0 fully saturated rings. The number of halogens is 1. The van der Waals surface area contributed by atoms with Crippen LogP contribution >= 0.6 is 11.6 Å². The second-order valence-corrected chi connectivity index (χ2v) is 4.31.